The van der Waals surface area contributed by atoms with Crippen LogP contribution in [0, 0.1) is 0 Å². The van der Waals surface area contributed by atoms with Gasteiger partial charge in [-0.05, 0) is 111 Å². The lowest BCUT2D eigenvalue weighted by Crippen LogP contribution is -2.29. The number of aliphatic hydroxyl groups is 1. The van der Waals surface area contributed by atoms with Crippen LogP contribution < -0.4 is 10.2 Å². The van der Waals surface area contributed by atoms with E-state index in [1.165, 1.54) is 18.3 Å². The van der Waals surface area contributed by atoms with Crippen molar-refractivity contribution in [3.05, 3.63) is 113 Å². The first-order chi connectivity index (χ1) is 23.8. The molecule has 0 radical (unpaired) electrons. The second kappa shape index (κ2) is 16.1. The highest BCUT2D eigenvalue weighted by molar-refractivity contribution is 7.98. The van der Waals surface area contributed by atoms with Gasteiger partial charge in [0.1, 0.15) is 11.7 Å². The van der Waals surface area contributed by atoms with Crippen LogP contribution in [0.5, 0.6) is 0 Å². The van der Waals surface area contributed by atoms with Crippen molar-refractivity contribution in [3.8, 4) is 11.3 Å². The van der Waals surface area contributed by atoms with E-state index in [-0.39, 0.29) is 17.4 Å². The Morgan fingerprint density at radius 2 is 1.68 bits per heavy atom. The summed E-state index contributed by atoms with van der Waals surface area (Å²) in [7, 11) is 0. The molecule has 0 spiro atoms. The quantitative estimate of drug-likeness (QED) is 0.119. The van der Waals surface area contributed by atoms with Crippen molar-refractivity contribution in [3.63, 3.8) is 0 Å². The Labute approximate surface area is 295 Å². The summed E-state index contributed by atoms with van der Waals surface area (Å²) < 4.78 is 45.6. The highest BCUT2D eigenvalue weighted by atomic mass is 32.2. The van der Waals surface area contributed by atoms with Gasteiger partial charge in [-0.15, -0.1) is 0 Å². The summed E-state index contributed by atoms with van der Waals surface area (Å²) in [6.07, 6.45) is -0.764. The third-order valence-corrected chi connectivity index (χ3v) is 9.24. The molecule has 2 N–H and O–H groups in total. The second-order valence-corrected chi connectivity index (χ2v) is 14.4. The molecule has 5 rings (SSSR count). The number of aromatic nitrogens is 1. The summed E-state index contributed by atoms with van der Waals surface area (Å²) in [5.41, 5.74) is 3.05. The molecule has 1 atom stereocenters. The Balaban J connectivity index is 1.37. The monoisotopic (exact) mass is 705 g/mol. The molecule has 1 aliphatic rings. The number of rotatable bonds is 11. The van der Waals surface area contributed by atoms with Crippen LogP contribution in [0.1, 0.15) is 85.2 Å². The number of nitrogens with zero attached hydrogens (tertiary/aromatic N) is 2. The number of pyridine rings is 1. The molecule has 1 aliphatic heterocycles. The number of thioether (sulfide) groups is 1. The van der Waals surface area contributed by atoms with E-state index in [4.69, 9.17) is 4.74 Å². The van der Waals surface area contributed by atoms with Gasteiger partial charge < -0.3 is 20.1 Å². The van der Waals surface area contributed by atoms with Gasteiger partial charge in [0.2, 0.25) is 0 Å². The molecule has 0 saturated carbocycles. The number of alkyl halides is 3. The van der Waals surface area contributed by atoms with Gasteiger partial charge in [0.05, 0.1) is 23.4 Å². The van der Waals surface area contributed by atoms with Crippen LogP contribution in [0.3, 0.4) is 0 Å². The number of benzene rings is 3. The number of hydrogen-bond donors (Lipinski definition) is 2. The average molecular weight is 706 g/mol. The highest BCUT2D eigenvalue weighted by Gasteiger charge is 2.31. The van der Waals surface area contributed by atoms with Gasteiger partial charge in [-0.2, -0.15) is 24.9 Å². The number of piperidine rings is 1. The molecule has 4 aromatic rings. The van der Waals surface area contributed by atoms with E-state index < -0.39 is 23.4 Å². The number of carbonyl (C=O) groups excluding carboxylic acids is 2. The van der Waals surface area contributed by atoms with Crippen molar-refractivity contribution in [1.29, 1.82) is 0 Å². The summed E-state index contributed by atoms with van der Waals surface area (Å²) in [5.74, 6) is 0.639. The van der Waals surface area contributed by atoms with Crippen molar-refractivity contribution in [2.24, 2.45) is 0 Å². The number of carbonyl (C=O) groups is 2. The maximum atomic E-state index is 13.6. The van der Waals surface area contributed by atoms with Crippen LogP contribution in [0.2, 0.25) is 0 Å². The lowest BCUT2D eigenvalue weighted by atomic mass is 9.98. The van der Waals surface area contributed by atoms with Gasteiger partial charge in [0.15, 0.2) is 0 Å². The molecule has 1 saturated heterocycles. The number of hydrogen-bond acceptors (Lipinski definition) is 7. The first-order valence-electron chi connectivity index (χ1n) is 16.7. The van der Waals surface area contributed by atoms with Crippen LogP contribution >= 0.6 is 11.8 Å². The molecule has 2 heterocycles. The van der Waals surface area contributed by atoms with E-state index in [9.17, 15) is 27.9 Å². The van der Waals surface area contributed by atoms with Crippen LogP contribution in [-0.2, 0) is 21.5 Å². The Bertz CT molecular complexity index is 1800. The topological polar surface area (TPSA) is 91.8 Å². The summed E-state index contributed by atoms with van der Waals surface area (Å²) in [5, 5.41) is 14.2. The van der Waals surface area contributed by atoms with Crippen LogP contribution in [-0.4, -0.2) is 46.4 Å². The van der Waals surface area contributed by atoms with Gasteiger partial charge in [0, 0.05) is 47.6 Å². The fourth-order valence-electron chi connectivity index (χ4n) is 5.78. The lowest BCUT2D eigenvalue weighted by molar-refractivity contribution is -0.154. The number of esters is 1. The lowest BCUT2D eigenvalue weighted by Gasteiger charge is -2.29. The second-order valence-electron chi connectivity index (χ2n) is 13.3. The predicted molar refractivity (Wildman–Crippen MR) is 192 cm³/mol. The summed E-state index contributed by atoms with van der Waals surface area (Å²) in [6.45, 7) is 7.31. The SMILES string of the molecule is CC(C)(C)OC(=O)CCSCc1cccc(C(=O)Nc2ccc(N3CCCCC3)cc2-c2cc(C(O)c3cccc(C(F)(F)F)c3)ccn2)c1. The molecule has 0 bridgehead atoms. The maximum absolute atomic E-state index is 13.6. The molecule has 1 amide bonds. The Morgan fingerprint density at radius 1 is 0.940 bits per heavy atom. The molecule has 264 valence electrons. The minimum absolute atomic E-state index is 0.107. The number of aliphatic hydroxyl groups excluding tert-OH is 1. The number of anilines is 2. The highest BCUT2D eigenvalue weighted by Crippen LogP contribution is 2.36. The molecule has 1 fully saturated rings. The summed E-state index contributed by atoms with van der Waals surface area (Å²) in [4.78, 5) is 32.5. The van der Waals surface area contributed by atoms with Crippen LogP contribution in [0.15, 0.2) is 85.1 Å². The van der Waals surface area contributed by atoms with Gasteiger partial charge in [0.25, 0.3) is 5.91 Å². The van der Waals surface area contributed by atoms with Gasteiger partial charge in [-0.1, -0.05) is 24.3 Å². The Hall–Kier alpha value is -4.35. The minimum Gasteiger partial charge on any atom is -0.460 e. The van der Waals surface area contributed by atoms with Gasteiger partial charge in [-0.3, -0.25) is 14.6 Å². The molecule has 1 aromatic heterocycles. The summed E-state index contributed by atoms with van der Waals surface area (Å²) >= 11 is 1.58. The fraction of sp³-hybridized carbons (Fsp3) is 0.359. The van der Waals surface area contributed by atoms with E-state index in [1.807, 2.05) is 57.2 Å². The van der Waals surface area contributed by atoms with Crippen molar-refractivity contribution < 1.29 is 32.6 Å². The normalized spacial score (nSPS) is 14.3. The van der Waals surface area contributed by atoms with Crippen LogP contribution in [0.4, 0.5) is 24.5 Å². The average Bonchev–Trinajstić information content (AvgIpc) is 3.09. The standard InChI is InChI=1S/C39H42F3N3O4S/c1-38(2,3)49-35(46)16-20-50-25-26-9-7-11-29(21-26)37(48)44-33-14-13-31(45-18-5-4-6-19-45)24-32(33)34-23-28(15-17-43-34)36(47)27-10-8-12-30(22-27)39(40,41)42/h7-15,17,21-24,36,47H,4-6,16,18-20,25H2,1-3H3,(H,44,48). The molecule has 7 nitrogen and oxygen atoms in total. The number of amides is 1. The van der Waals surface area contributed by atoms with Gasteiger partial charge in [-0.25, -0.2) is 0 Å². The third-order valence-electron chi connectivity index (χ3n) is 8.21. The van der Waals surface area contributed by atoms with E-state index in [1.54, 1.807) is 30.0 Å². The third kappa shape index (κ3) is 10.1. The predicted octanol–water partition coefficient (Wildman–Crippen LogP) is 9.06. The number of nitrogens with one attached hydrogen (secondary N) is 1. The number of halogens is 3. The van der Waals surface area contributed by atoms with E-state index in [2.05, 4.69) is 15.2 Å². The Kier molecular flexibility index (Phi) is 11.9. The molecule has 50 heavy (non-hydrogen) atoms. The van der Waals surface area contributed by atoms with E-state index >= 15 is 0 Å². The van der Waals surface area contributed by atoms with Crippen molar-refractivity contribution >= 4 is 35.0 Å². The van der Waals surface area contributed by atoms with E-state index in [0.29, 0.717) is 46.0 Å². The van der Waals surface area contributed by atoms with Crippen molar-refractivity contribution in [2.45, 2.75) is 70.1 Å². The summed E-state index contributed by atoms with van der Waals surface area (Å²) in [6, 6.07) is 20.9. The largest absolute Gasteiger partial charge is 0.460 e. The first-order valence-corrected chi connectivity index (χ1v) is 17.8. The number of ether oxygens (including phenoxy) is 1. The van der Waals surface area contributed by atoms with Crippen molar-refractivity contribution in [2.75, 3.05) is 29.1 Å². The zero-order valence-electron chi connectivity index (χ0n) is 28.4. The van der Waals surface area contributed by atoms with Crippen LogP contribution in [0.25, 0.3) is 11.3 Å². The first kappa shape index (κ1) is 36.9. The zero-order chi connectivity index (χ0) is 35.9. The van der Waals surface area contributed by atoms with E-state index in [0.717, 1.165) is 55.7 Å². The van der Waals surface area contributed by atoms with Crippen molar-refractivity contribution in [1.82, 2.24) is 4.98 Å². The molecular formula is C39H42F3N3O4S. The Morgan fingerprint density at radius 3 is 2.42 bits per heavy atom. The molecule has 0 aliphatic carbocycles. The molecule has 3 aromatic carbocycles. The molecule has 1 unspecified atom stereocenters. The van der Waals surface area contributed by atoms with Gasteiger partial charge >= 0.3 is 12.1 Å². The fourth-order valence-corrected chi connectivity index (χ4v) is 6.65. The smallest absolute Gasteiger partial charge is 0.416 e. The zero-order valence-corrected chi connectivity index (χ0v) is 29.2. The minimum atomic E-state index is -4.54. The maximum Gasteiger partial charge on any atom is 0.416 e. The molecular weight excluding hydrogens is 664 g/mol. The molecule has 11 heteroatoms.